The maximum atomic E-state index is 13.3. The lowest BCUT2D eigenvalue weighted by molar-refractivity contribution is 0.277. The first-order chi connectivity index (χ1) is 18.0. The third-order valence-electron chi connectivity index (χ3n) is 6.21. The zero-order chi connectivity index (χ0) is 26.4. The van der Waals surface area contributed by atoms with Crippen LogP contribution >= 0.6 is 0 Å². The first-order valence-corrected chi connectivity index (χ1v) is 12.1. The van der Waals surface area contributed by atoms with Gasteiger partial charge in [0.15, 0.2) is 0 Å². The maximum Gasteiger partial charge on any atom is 0.332 e. The number of aliphatic hydroxyl groups is 1. The molecule has 1 aliphatic heterocycles. The molecule has 0 aliphatic carbocycles. The molecular weight excluding hydrogens is 468 g/mol. The van der Waals surface area contributed by atoms with E-state index in [0.717, 1.165) is 15.7 Å². The van der Waals surface area contributed by atoms with E-state index in [2.05, 4.69) is 17.6 Å². The summed E-state index contributed by atoms with van der Waals surface area (Å²) in [4.78, 5) is 31.1. The van der Waals surface area contributed by atoms with Crippen LogP contribution in [0.5, 0.6) is 5.75 Å². The van der Waals surface area contributed by atoms with Gasteiger partial charge in [-0.1, -0.05) is 55.1 Å². The third kappa shape index (κ3) is 5.37. The number of aliphatic imine (C=N–C) groups is 1. The lowest BCUT2D eigenvalue weighted by atomic mass is 10.00. The summed E-state index contributed by atoms with van der Waals surface area (Å²) in [6.45, 7) is 5.89. The van der Waals surface area contributed by atoms with Crippen LogP contribution in [0.3, 0.4) is 0 Å². The van der Waals surface area contributed by atoms with E-state index < -0.39 is 11.2 Å². The Balaban J connectivity index is 1.84. The van der Waals surface area contributed by atoms with Gasteiger partial charge in [-0.3, -0.25) is 13.9 Å². The Bertz CT molecular complexity index is 1540. The van der Waals surface area contributed by atoms with Crippen molar-refractivity contribution >= 4 is 17.8 Å². The second-order valence-electron chi connectivity index (χ2n) is 8.55. The number of nitriles is 1. The minimum atomic E-state index is -0.477. The summed E-state index contributed by atoms with van der Waals surface area (Å²) in [5, 5.41) is 18.8. The van der Waals surface area contributed by atoms with Gasteiger partial charge in [0.1, 0.15) is 17.6 Å². The predicted molar refractivity (Wildman–Crippen MR) is 143 cm³/mol. The molecule has 0 saturated heterocycles. The summed E-state index contributed by atoms with van der Waals surface area (Å²) >= 11 is 0. The molecular formula is C29H28N4O4. The summed E-state index contributed by atoms with van der Waals surface area (Å²) < 4.78 is 8.74. The van der Waals surface area contributed by atoms with Crippen molar-refractivity contribution in [3.05, 3.63) is 110 Å². The van der Waals surface area contributed by atoms with Crippen molar-refractivity contribution in [1.29, 1.82) is 5.26 Å². The average Bonchev–Trinajstić information content (AvgIpc) is 2.93. The molecule has 2 heterocycles. The standard InChI is InChI=1S/C29H28N4O4/c1-3-20-10-12-21(13-11-20)14-15-22-18-24-26(31-27(22)37-25-9-6-5-8-23(25)19-30)32(4-2)29(36)33(28(24)35)16-7-17-34/h3,5-6,8-13,15,34H,1,4,7,14,16-18H2,2H3/b22-15-. The molecule has 0 fully saturated rings. The number of nitrogens with zero attached hydrogens (tertiary/aromatic N) is 4. The van der Waals surface area contributed by atoms with Gasteiger partial charge in [0.05, 0.1) is 11.1 Å². The molecule has 8 nitrogen and oxygen atoms in total. The summed E-state index contributed by atoms with van der Waals surface area (Å²) in [5.74, 6) is 0.844. The van der Waals surface area contributed by atoms with Crippen LogP contribution in [0.25, 0.3) is 6.08 Å². The van der Waals surface area contributed by atoms with Crippen molar-refractivity contribution in [1.82, 2.24) is 9.13 Å². The van der Waals surface area contributed by atoms with E-state index in [1.54, 1.807) is 30.3 Å². The van der Waals surface area contributed by atoms with Crippen LogP contribution in [-0.2, 0) is 25.9 Å². The number of aliphatic hydroxyl groups excluding tert-OH is 1. The van der Waals surface area contributed by atoms with Gasteiger partial charge in [-0.25, -0.2) is 4.79 Å². The van der Waals surface area contributed by atoms with Crippen LogP contribution < -0.4 is 16.0 Å². The highest BCUT2D eigenvalue weighted by molar-refractivity contribution is 5.99. The largest absolute Gasteiger partial charge is 0.437 e. The van der Waals surface area contributed by atoms with E-state index >= 15 is 0 Å². The Morgan fingerprint density at radius 2 is 1.92 bits per heavy atom. The van der Waals surface area contributed by atoms with Crippen LogP contribution in [0.4, 0.5) is 5.82 Å². The maximum absolute atomic E-state index is 13.3. The van der Waals surface area contributed by atoms with Gasteiger partial charge in [-0.2, -0.15) is 10.3 Å². The van der Waals surface area contributed by atoms with Crippen LogP contribution in [0, 0.1) is 11.3 Å². The zero-order valence-electron chi connectivity index (χ0n) is 20.7. The van der Waals surface area contributed by atoms with Crippen molar-refractivity contribution in [2.75, 3.05) is 6.61 Å². The Kier molecular flexibility index (Phi) is 7.96. The van der Waals surface area contributed by atoms with Crippen molar-refractivity contribution in [2.45, 2.75) is 39.3 Å². The molecule has 1 aromatic heterocycles. The lowest BCUT2D eigenvalue weighted by Crippen LogP contribution is -2.43. The van der Waals surface area contributed by atoms with Crippen molar-refractivity contribution in [3.8, 4) is 11.8 Å². The molecule has 0 saturated carbocycles. The van der Waals surface area contributed by atoms with E-state index in [1.165, 1.54) is 4.57 Å². The molecule has 8 heteroatoms. The van der Waals surface area contributed by atoms with Gasteiger partial charge >= 0.3 is 5.69 Å². The first kappa shape index (κ1) is 25.6. The van der Waals surface area contributed by atoms with E-state index in [0.29, 0.717) is 41.8 Å². The molecule has 1 aliphatic rings. The van der Waals surface area contributed by atoms with Crippen molar-refractivity contribution < 1.29 is 9.84 Å². The number of hydrogen-bond donors (Lipinski definition) is 1. The fraction of sp³-hybridized carbons (Fsp3) is 0.241. The fourth-order valence-corrected chi connectivity index (χ4v) is 4.20. The molecule has 0 bridgehead atoms. The van der Waals surface area contributed by atoms with E-state index in [4.69, 9.17) is 4.74 Å². The number of fused-ring (bicyclic) bond motifs is 1. The van der Waals surface area contributed by atoms with Gasteiger partial charge in [-0.05, 0) is 43.0 Å². The van der Waals surface area contributed by atoms with Gasteiger partial charge in [0, 0.05) is 31.7 Å². The van der Waals surface area contributed by atoms with Gasteiger partial charge in [0.2, 0.25) is 5.90 Å². The van der Waals surface area contributed by atoms with E-state index in [1.807, 2.05) is 37.3 Å². The monoisotopic (exact) mass is 496 g/mol. The van der Waals surface area contributed by atoms with E-state index in [-0.39, 0.29) is 31.3 Å². The topological polar surface area (TPSA) is 110 Å². The highest BCUT2D eigenvalue weighted by atomic mass is 16.5. The number of hydrogen-bond acceptors (Lipinski definition) is 6. The smallest absolute Gasteiger partial charge is 0.332 e. The Morgan fingerprint density at radius 3 is 2.59 bits per heavy atom. The number of rotatable bonds is 8. The molecule has 0 unspecified atom stereocenters. The highest BCUT2D eigenvalue weighted by Crippen LogP contribution is 2.28. The molecule has 0 atom stereocenters. The number of para-hydroxylation sites is 1. The van der Waals surface area contributed by atoms with Crippen LogP contribution in [0.1, 0.15) is 35.6 Å². The zero-order valence-corrected chi connectivity index (χ0v) is 20.7. The second kappa shape index (κ2) is 11.5. The normalized spacial score (nSPS) is 13.5. The van der Waals surface area contributed by atoms with Crippen LogP contribution in [0.2, 0.25) is 0 Å². The Morgan fingerprint density at radius 1 is 1.16 bits per heavy atom. The Labute approximate surface area is 214 Å². The van der Waals surface area contributed by atoms with Crippen LogP contribution in [0.15, 0.2) is 81.3 Å². The molecule has 0 spiro atoms. The minimum Gasteiger partial charge on any atom is -0.437 e. The predicted octanol–water partition coefficient (Wildman–Crippen LogP) is 3.76. The SMILES string of the molecule is C=Cc1ccc(C/C=C2/Cc3c(n(CC)c(=O)n(CCCO)c3=O)N=C2Oc2ccccc2C#N)cc1. The molecule has 4 rings (SSSR count). The quantitative estimate of drug-likeness (QED) is 0.511. The van der Waals surface area contributed by atoms with Crippen LogP contribution in [-0.4, -0.2) is 26.7 Å². The number of allylic oxidation sites excluding steroid dienone is 1. The molecule has 0 radical (unpaired) electrons. The molecule has 188 valence electrons. The number of aromatic nitrogens is 2. The lowest BCUT2D eigenvalue weighted by Gasteiger charge is -2.22. The molecule has 1 N–H and O–H groups in total. The molecule has 2 aromatic carbocycles. The summed E-state index contributed by atoms with van der Waals surface area (Å²) in [6, 6.07) is 16.9. The Hall–Kier alpha value is -4.48. The average molecular weight is 497 g/mol. The summed E-state index contributed by atoms with van der Waals surface area (Å²) in [7, 11) is 0. The van der Waals surface area contributed by atoms with Gasteiger partial charge in [-0.15, -0.1) is 0 Å². The molecule has 37 heavy (non-hydrogen) atoms. The fourth-order valence-electron chi connectivity index (χ4n) is 4.20. The van der Waals surface area contributed by atoms with Gasteiger partial charge in [0.25, 0.3) is 5.56 Å². The second-order valence-corrected chi connectivity index (χ2v) is 8.55. The molecule has 0 amide bonds. The number of ether oxygens (including phenoxy) is 1. The third-order valence-corrected chi connectivity index (χ3v) is 6.21. The van der Waals surface area contributed by atoms with E-state index in [9.17, 15) is 20.0 Å². The number of benzene rings is 2. The summed E-state index contributed by atoms with van der Waals surface area (Å²) in [5.41, 5.74) is 2.60. The van der Waals surface area contributed by atoms with Crippen molar-refractivity contribution in [3.63, 3.8) is 0 Å². The highest BCUT2D eigenvalue weighted by Gasteiger charge is 2.27. The van der Waals surface area contributed by atoms with Crippen molar-refractivity contribution in [2.24, 2.45) is 4.99 Å². The minimum absolute atomic E-state index is 0.124. The first-order valence-electron chi connectivity index (χ1n) is 12.1. The van der Waals surface area contributed by atoms with Gasteiger partial charge < -0.3 is 9.84 Å². The summed E-state index contributed by atoms with van der Waals surface area (Å²) in [6.07, 6.45) is 4.81. The molecule has 3 aromatic rings.